The molecule has 0 unspecified atom stereocenters. The smallest absolute Gasteiger partial charge is 0.443 e. The van der Waals surface area contributed by atoms with Gasteiger partial charge in [0.15, 0.2) is 0 Å². The minimum absolute atomic E-state index is 0.0928. The molecular weight excluding hydrogens is 324 g/mol. The highest BCUT2D eigenvalue weighted by Gasteiger charge is 2.52. The first-order valence-corrected chi connectivity index (χ1v) is 8.36. The number of hydrogen-bond acceptors (Lipinski definition) is 4. The number of ether oxygens (including phenoxy) is 1. The van der Waals surface area contributed by atoms with Crippen molar-refractivity contribution in [1.82, 2.24) is 0 Å². The van der Waals surface area contributed by atoms with Crippen LogP contribution < -0.4 is 10.4 Å². The molecule has 1 aliphatic heterocycles. The third-order valence-corrected chi connectivity index (χ3v) is 4.53. The van der Waals surface area contributed by atoms with Crippen LogP contribution in [0.25, 0.3) is 0 Å². The summed E-state index contributed by atoms with van der Waals surface area (Å²) in [5, 5.41) is 0. The summed E-state index contributed by atoms with van der Waals surface area (Å²) in [5.74, 6) is -0.541. The SMILES string of the molecule is CN(C(=O)OC(C)(C)C)c1c(F)cccc1B1OC(C)(C)C(C)(C)O1. The van der Waals surface area contributed by atoms with Gasteiger partial charge in [-0.25, -0.2) is 9.18 Å². The van der Waals surface area contributed by atoms with Crippen LogP contribution in [-0.2, 0) is 14.0 Å². The minimum Gasteiger partial charge on any atom is -0.443 e. The average molecular weight is 351 g/mol. The maximum Gasteiger partial charge on any atom is 0.497 e. The molecule has 0 aliphatic carbocycles. The average Bonchev–Trinajstić information content (AvgIpc) is 2.64. The van der Waals surface area contributed by atoms with Crippen molar-refractivity contribution in [3.05, 3.63) is 24.0 Å². The molecular formula is C18H27BFNO4. The Kier molecular flexibility index (Phi) is 4.96. The number of rotatable bonds is 2. The molecule has 1 aromatic carbocycles. The Morgan fingerprint density at radius 1 is 1.16 bits per heavy atom. The molecule has 1 fully saturated rings. The monoisotopic (exact) mass is 351 g/mol. The van der Waals surface area contributed by atoms with E-state index in [0.29, 0.717) is 5.46 Å². The van der Waals surface area contributed by atoms with Crippen molar-refractivity contribution in [1.29, 1.82) is 0 Å². The van der Waals surface area contributed by atoms with Gasteiger partial charge in [-0.3, -0.25) is 4.90 Å². The van der Waals surface area contributed by atoms with Crippen LogP contribution >= 0.6 is 0 Å². The van der Waals surface area contributed by atoms with E-state index in [1.165, 1.54) is 13.1 Å². The van der Waals surface area contributed by atoms with Crippen LogP contribution in [0.4, 0.5) is 14.9 Å². The van der Waals surface area contributed by atoms with E-state index < -0.39 is 35.8 Å². The molecule has 1 aliphatic rings. The number of halogens is 1. The molecule has 1 aromatic rings. The van der Waals surface area contributed by atoms with Crippen molar-refractivity contribution in [2.75, 3.05) is 11.9 Å². The summed E-state index contributed by atoms with van der Waals surface area (Å²) in [5.41, 5.74) is -1.26. The lowest BCUT2D eigenvalue weighted by atomic mass is 9.77. The summed E-state index contributed by atoms with van der Waals surface area (Å²) in [4.78, 5) is 13.5. The molecule has 5 nitrogen and oxygen atoms in total. The van der Waals surface area contributed by atoms with Crippen LogP contribution in [0.3, 0.4) is 0 Å². The van der Waals surface area contributed by atoms with Gasteiger partial charge in [0.25, 0.3) is 0 Å². The maximum atomic E-state index is 14.6. The fraction of sp³-hybridized carbons (Fsp3) is 0.611. The Morgan fingerprint density at radius 3 is 2.16 bits per heavy atom. The molecule has 2 rings (SSSR count). The molecule has 1 heterocycles. The number of benzene rings is 1. The van der Waals surface area contributed by atoms with Gasteiger partial charge in [-0.15, -0.1) is 0 Å². The van der Waals surface area contributed by atoms with E-state index in [1.807, 2.05) is 27.7 Å². The van der Waals surface area contributed by atoms with Crippen LogP contribution in [0.1, 0.15) is 48.5 Å². The fourth-order valence-corrected chi connectivity index (χ4v) is 2.47. The largest absolute Gasteiger partial charge is 0.497 e. The summed E-state index contributed by atoms with van der Waals surface area (Å²) < 4.78 is 31.9. The Hall–Kier alpha value is -1.60. The van der Waals surface area contributed by atoms with E-state index in [4.69, 9.17) is 14.0 Å². The Labute approximate surface area is 149 Å². The van der Waals surface area contributed by atoms with Crippen LogP contribution in [0, 0.1) is 5.82 Å². The molecule has 0 atom stereocenters. The highest BCUT2D eigenvalue weighted by molar-refractivity contribution is 6.64. The van der Waals surface area contributed by atoms with Crippen molar-refractivity contribution in [3.63, 3.8) is 0 Å². The van der Waals surface area contributed by atoms with Gasteiger partial charge in [0.2, 0.25) is 0 Å². The molecule has 0 N–H and O–H groups in total. The summed E-state index contributed by atoms with van der Waals surface area (Å²) in [6, 6.07) is 4.56. The minimum atomic E-state index is -0.777. The number of para-hydroxylation sites is 1. The van der Waals surface area contributed by atoms with Crippen LogP contribution in [0.15, 0.2) is 18.2 Å². The lowest BCUT2D eigenvalue weighted by Crippen LogP contribution is -2.42. The first kappa shape index (κ1) is 19.7. The van der Waals surface area contributed by atoms with Crippen LogP contribution in [-0.4, -0.2) is 37.1 Å². The lowest BCUT2D eigenvalue weighted by molar-refractivity contribution is 0.00578. The third kappa shape index (κ3) is 3.98. The number of hydrogen-bond donors (Lipinski definition) is 0. The van der Waals surface area contributed by atoms with Gasteiger partial charge in [0, 0.05) is 12.5 Å². The van der Waals surface area contributed by atoms with E-state index in [9.17, 15) is 9.18 Å². The van der Waals surface area contributed by atoms with E-state index in [1.54, 1.807) is 32.9 Å². The van der Waals surface area contributed by atoms with Gasteiger partial charge in [0.1, 0.15) is 11.4 Å². The summed E-state index contributed by atoms with van der Waals surface area (Å²) in [7, 11) is 0.696. The molecule has 0 spiro atoms. The van der Waals surface area contributed by atoms with Crippen molar-refractivity contribution < 1.29 is 23.2 Å². The summed E-state index contributed by atoms with van der Waals surface area (Å²) in [6.45, 7) is 13.0. The van der Waals surface area contributed by atoms with E-state index in [2.05, 4.69) is 0 Å². The standard InChI is InChI=1S/C18H27BFNO4/c1-16(2,3)23-15(22)21(8)14-12(10-9-11-13(14)20)19-24-17(4,5)18(6,7)25-19/h9-11H,1-8H3. The van der Waals surface area contributed by atoms with Gasteiger partial charge >= 0.3 is 13.2 Å². The third-order valence-electron chi connectivity index (χ3n) is 4.53. The Balaban J connectivity index is 2.40. The zero-order valence-corrected chi connectivity index (χ0v) is 16.3. The number of anilines is 1. The second-order valence-corrected chi connectivity index (χ2v) is 8.31. The van der Waals surface area contributed by atoms with Crippen molar-refractivity contribution in [3.8, 4) is 0 Å². The van der Waals surface area contributed by atoms with Gasteiger partial charge in [0.05, 0.1) is 16.9 Å². The van der Waals surface area contributed by atoms with E-state index in [0.717, 1.165) is 4.90 Å². The molecule has 1 amide bonds. The van der Waals surface area contributed by atoms with Gasteiger partial charge in [-0.1, -0.05) is 12.1 Å². The second-order valence-electron chi connectivity index (χ2n) is 8.31. The molecule has 0 radical (unpaired) electrons. The predicted octanol–water partition coefficient (Wildman–Crippen LogP) is 3.50. The Bertz CT molecular complexity index is 654. The van der Waals surface area contributed by atoms with Crippen LogP contribution in [0.2, 0.25) is 0 Å². The molecule has 138 valence electrons. The lowest BCUT2D eigenvalue weighted by Gasteiger charge is -2.32. The number of carbonyl (C=O) groups excluding carboxylic acids is 1. The molecule has 0 saturated carbocycles. The maximum absolute atomic E-state index is 14.6. The number of carbonyl (C=O) groups is 1. The highest BCUT2D eigenvalue weighted by atomic mass is 19.1. The number of nitrogens with zero attached hydrogens (tertiary/aromatic N) is 1. The summed E-state index contributed by atoms with van der Waals surface area (Å²) >= 11 is 0. The van der Waals surface area contributed by atoms with Crippen molar-refractivity contribution >= 4 is 24.4 Å². The molecule has 0 aromatic heterocycles. The topological polar surface area (TPSA) is 48.0 Å². The van der Waals surface area contributed by atoms with Crippen LogP contribution in [0.5, 0.6) is 0 Å². The highest BCUT2D eigenvalue weighted by Crippen LogP contribution is 2.37. The number of amides is 1. The Morgan fingerprint density at radius 2 is 1.68 bits per heavy atom. The van der Waals surface area contributed by atoms with Gasteiger partial charge in [-0.2, -0.15) is 0 Å². The molecule has 1 saturated heterocycles. The molecule has 0 bridgehead atoms. The van der Waals surface area contributed by atoms with E-state index in [-0.39, 0.29) is 5.69 Å². The molecule has 25 heavy (non-hydrogen) atoms. The second kappa shape index (κ2) is 6.29. The zero-order valence-electron chi connectivity index (χ0n) is 16.3. The quantitative estimate of drug-likeness (QED) is 0.766. The van der Waals surface area contributed by atoms with Gasteiger partial charge < -0.3 is 14.0 Å². The van der Waals surface area contributed by atoms with Crippen molar-refractivity contribution in [2.24, 2.45) is 0 Å². The first-order chi connectivity index (χ1) is 11.3. The fourth-order valence-electron chi connectivity index (χ4n) is 2.47. The predicted molar refractivity (Wildman–Crippen MR) is 96.8 cm³/mol. The summed E-state index contributed by atoms with van der Waals surface area (Å²) in [6.07, 6.45) is -0.643. The van der Waals surface area contributed by atoms with Crippen molar-refractivity contribution in [2.45, 2.75) is 65.3 Å². The first-order valence-electron chi connectivity index (χ1n) is 8.36. The zero-order chi connectivity index (χ0) is 19.2. The van der Waals surface area contributed by atoms with E-state index >= 15 is 0 Å². The molecule has 7 heteroatoms. The normalized spacial score (nSPS) is 19.0. The van der Waals surface area contributed by atoms with Gasteiger partial charge in [-0.05, 0) is 54.5 Å².